The molecule has 0 fully saturated rings. The Hall–Kier alpha value is -3.64. The van der Waals surface area contributed by atoms with Gasteiger partial charge in [0.25, 0.3) is 0 Å². The second kappa shape index (κ2) is 9.88. The normalized spacial score (nSPS) is 17.7. The lowest BCUT2D eigenvalue weighted by Gasteiger charge is -2.32. The Morgan fingerprint density at radius 3 is 2.85 bits per heavy atom. The Kier molecular flexibility index (Phi) is 6.75. The number of anilines is 1. The van der Waals surface area contributed by atoms with Crippen LogP contribution in [0.1, 0.15) is 30.9 Å². The molecule has 0 saturated heterocycles. The number of thioether (sulfide) groups is 1. The number of nitrogens with one attached hydrogen (secondary N) is 2. The molecule has 2 heterocycles. The Labute approximate surface area is 195 Å². The molecule has 1 amide bonds. The van der Waals surface area contributed by atoms with E-state index in [0.717, 1.165) is 12.1 Å². The third-order valence-corrected chi connectivity index (χ3v) is 6.54. The molecule has 0 spiro atoms. The highest BCUT2D eigenvalue weighted by Crippen LogP contribution is 2.44. The molecule has 33 heavy (non-hydrogen) atoms. The fraction of sp³-hybridized carbons (Fsp3) is 0.292. The van der Waals surface area contributed by atoms with E-state index < -0.39 is 5.92 Å². The molecule has 1 aromatic carbocycles. The molecule has 170 valence electrons. The molecule has 1 aliphatic heterocycles. The van der Waals surface area contributed by atoms with Crippen molar-refractivity contribution >= 4 is 29.1 Å². The number of ketones is 1. The van der Waals surface area contributed by atoms with Gasteiger partial charge in [0.1, 0.15) is 17.3 Å². The Balaban J connectivity index is 1.55. The van der Waals surface area contributed by atoms with Crippen LogP contribution in [0, 0.1) is 11.3 Å². The zero-order valence-corrected chi connectivity index (χ0v) is 19.1. The number of dihydropyridines is 1. The van der Waals surface area contributed by atoms with Crippen LogP contribution in [0.15, 0.2) is 62.9 Å². The Bertz CT molecular complexity index is 1180. The number of rotatable bonds is 7. The zero-order chi connectivity index (χ0) is 23.4. The molecule has 8 nitrogen and oxygen atoms in total. The van der Waals surface area contributed by atoms with E-state index in [1.165, 1.54) is 25.1 Å². The summed E-state index contributed by atoms with van der Waals surface area (Å²) in [5.41, 5.74) is 2.28. The molecule has 1 aliphatic carbocycles. The minimum atomic E-state index is -0.568. The molecule has 0 saturated carbocycles. The predicted octanol–water partition coefficient (Wildman–Crippen LogP) is 4.10. The summed E-state index contributed by atoms with van der Waals surface area (Å²) in [4.78, 5) is 25.4. The Morgan fingerprint density at radius 2 is 2.15 bits per heavy atom. The molecular formula is C24H23N3O5S. The largest absolute Gasteiger partial charge is 0.497 e. The van der Waals surface area contributed by atoms with Crippen molar-refractivity contribution in [1.82, 2.24) is 5.32 Å². The van der Waals surface area contributed by atoms with Gasteiger partial charge in [0.15, 0.2) is 5.78 Å². The number of benzene rings is 1. The van der Waals surface area contributed by atoms with Crippen molar-refractivity contribution in [2.24, 2.45) is 0 Å². The number of methoxy groups -OCH3 is 2. The van der Waals surface area contributed by atoms with Crippen LogP contribution in [-0.4, -0.2) is 31.7 Å². The number of carbonyl (C=O) groups is 2. The van der Waals surface area contributed by atoms with Gasteiger partial charge < -0.3 is 24.5 Å². The lowest BCUT2D eigenvalue weighted by Crippen LogP contribution is -2.31. The van der Waals surface area contributed by atoms with Crippen molar-refractivity contribution in [1.29, 1.82) is 5.26 Å². The molecule has 0 bridgehead atoms. The van der Waals surface area contributed by atoms with E-state index in [0.29, 0.717) is 52.0 Å². The first-order valence-electron chi connectivity index (χ1n) is 10.4. The van der Waals surface area contributed by atoms with Gasteiger partial charge in [-0.05, 0) is 37.1 Å². The van der Waals surface area contributed by atoms with E-state index in [1.54, 1.807) is 37.4 Å². The van der Waals surface area contributed by atoms with Crippen molar-refractivity contribution in [3.05, 3.63) is 64.2 Å². The van der Waals surface area contributed by atoms with Crippen molar-refractivity contribution < 1.29 is 23.5 Å². The van der Waals surface area contributed by atoms with Gasteiger partial charge in [-0.15, -0.1) is 0 Å². The molecule has 1 atom stereocenters. The minimum absolute atomic E-state index is 0.0197. The van der Waals surface area contributed by atoms with Crippen molar-refractivity contribution in [2.45, 2.75) is 25.2 Å². The average molecular weight is 466 g/mol. The standard InChI is InChI=1S/C24H23N3O5S/c1-30-14-8-9-16(20(11-14)31-2)26-21(29)13-33-24-15(12-25)22(19-7-4-10-32-19)23-17(27-24)5-3-6-18(23)28/h4,7-11,22,27H,3,5-6,13H2,1-2H3,(H,26,29)/t22-/m0/s1. The highest BCUT2D eigenvalue weighted by Gasteiger charge is 2.38. The van der Waals surface area contributed by atoms with Crippen LogP contribution < -0.4 is 20.1 Å². The lowest BCUT2D eigenvalue weighted by molar-refractivity contribution is -0.116. The number of nitriles is 1. The monoisotopic (exact) mass is 465 g/mol. The summed E-state index contributed by atoms with van der Waals surface area (Å²) < 4.78 is 16.1. The number of nitrogens with zero attached hydrogens (tertiary/aromatic N) is 1. The van der Waals surface area contributed by atoms with E-state index in [2.05, 4.69) is 16.7 Å². The van der Waals surface area contributed by atoms with Crippen molar-refractivity contribution in [3.8, 4) is 17.6 Å². The van der Waals surface area contributed by atoms with Crippen molar-refractivity contribution in [3.63, 3.8) is 0 Å². The van der Waals surface area contributed by atoms with E-state index in [4.69, 9.17) is 13.9 Å². The van der Waals surface area contributed by atoms with Crippen LogP contribution in [-0.2, 0) is 9.59 Å². The summed E-state index contributed by atoms with van der Waals surface area (Å²) in [5.74, 6) is 0.890. The van der Waals surface area contributed by atoms with Gasteiger partial charge in [-0.3, -0.25) is 9.59 Å². The van der Waals surface area contributed by atoms with Crippen LogP contribution in [0.25, 0.3) is 0 Å². The molecular weight excluding hydrogens is 442 g/mol. The predicted molar refractivity (Wildman–Crippen MR) is 124 cm³/mol. The topological polar surface area (TPSA) is 114 Å². The maximum atomic E-state index is 12.7. The van der Waals surface area contributed by atoms with Gasteiger partial charge in [-0.25, -0.2) is 0 Å². The van der Waals surface area contributed by atoms with Gasteiger partial charge in [0, 0.05) is 23.8 Å². The summed E-state index contributed by atoms with van der Waals surface area (Å²) >= 11 is 1.22. The first-order chi connectivity index (χ1) is 16.0. The first kappa shape index (κ1) is 22.6. The second-order valence-corrected chi connectivity index (χ2v) is 8.49. The lowest BCUT2D eigenvalue weighted by atomic mass is 9.79. The number of hydrogen-bond acceptors (Lipinski definition) is 8. The van der Waals surface area contributed by atoms with Gasteiger partial charge in [0.05, 0.1) is 54.5 Å². The van der Waals surface area contributed by atoms with Crippen molar-refractivity contribution in [2.75, 3.05) is 25.3 Å². The van der Waals surface area contributed by atoms with E-state index in [9.17, 15) is 14.9 Å². The molecule has 2 aliphatic rings. The van der Waals surface area contributed by atoms with Crippen LogP contribution in [0.5, 0.6) is 11.5 Å². The number of furan rings is 1. The van der Waals surface area contributed by atoms with E-state index >= 15 is 0 Å². The highest BCUT2D eigenvalue weighted by molar-refractivity contribution is 8.03. The smallest absolute Gasteiger partial charge is 0.234 e. The number of ether oxygens (including phenoxy) is 2. The van der Waals surface area contributed by atoms with E-state index in [-0.39, 0.29) is 17.4 Å². The quantitative estimate of drug-likeness (QED) is 0.628. The summed E-state index contributed by atoms with van der Waals surface area (Å²) in [6.07, 6.45) is 3.43. The Morgan fingerprint density at radius 1 is 1.30 bits per heavy atom. The minimum Gasteiger partial charge on any atom is -0.497 e. The molecule has 1 aromatic heterocycles. The third-order valence-electron chi connectivity index (χ3n) is 5.52. The van der Waals surface area contributed by atoms with Crippen LogP contribution in [0.2, 0.25) is 0 Å². The van der Waals surface area contributed by atoms with Crippen LogP contribution >= 0.6 is 11.8 Å². The number of allylic oxidation sites excluding steroid dienone is 3. The third kappa shape index (κ3) is 4.61. The number of hydrogen-bond donors (Lipinski definition) is 2. The van der Waals surface area contributed by atoms with Gasteiger partial charge in [-0.1, -0.05) is 11.8 Å². The zero-order valence-electron chi connectivity index (χ0n) is 18.3. The molecule has 2 aromatic rings. The molecule has 0 radical (unpaired) electrons. The number of Topliss-reactive ketones (excluding diaryl/α,β-unsaturated/α-hetero) is 1. The van der Waals surface area contributed by atoms with Crippen LogP contribution in [0.4, 0.5) is 5.69 Å². The van der Waals surface area contributed by atoms with Crippen LogP contribution in [0.3, 0.4) is 0 Å². The molecule has 4 rings (SSSR count). The van der Waals surface area contributed by atoms with E-state index in [1.807, 2.05) is 0 Å². The summed E-state index contributed by atoms with van der Waals surface area (Å²) in [6.45, 7) is 0. The maximum absolute atomic E-state index is 12.7. The molecule has 0 unspecified atom stereocenters. The average Bonchev–Trinajstić information content (AvgIpc) is 3.36. The summed E-state index contributed by atoms with van der Waals surface area (Å²) in [6, 6.07) is 10.9. The second-order valence-electron chi connectivity index (χ2n) is 7.50. The number of carbonyl (C=O) groups excluding carboxylic acids is 2. The SMILES string of the molecule is COc1ccc(NC(=O)CSC2=C(C#N)[C@@H](c3ccco3)C3=C(CCCC3=O)N2)c(OC)c1. The van der Waals surface area contributed by atoms with Gasteiger partial charge in [-0.2, -0.15) is 5.26 Å². The number of amides is 1. The molecule has 9 heteroatoms. The molecule has 2 N–H and O–H groups in total. The van der Waals surface area contributed by atoms with Gasteiger partial charge >= 0.3 is 0 Å². The fourth-order valence-electron chi connectivity index (χ4n) is 4.00. The van der Waals surface area contributed by atoms with Gasteiger partial charge in [0.2, 0.25) is 5.91 Å². The summed E-state index contributed by atoms with van der Waals surface area (Å²) in [5, 5.41) is 16.6. The first-order valence-corrected chi connectivity index (χ1v) is 11.4. The fourth-order valence-corrected chi connectivity index (χ4v) is 4.87. The summed E-state index contributed by atoms with van der Waals surface area (Å²) in [7, 11) is 3.07. The maximum Gasteiger partial charge on any atom is 0.234 e. The highest BCUT2D eigenvalue weighted by atomic mass is 32.2.